The van der Waals surface area contributed by atoms with Gasteiger partial charge in [0.05, 0.1) is 11.7 Å². The second kappa shape index (κ2) is 8.09. The minimum Gasteiger partial charge on any atom is -0.305 e. The van der Waals surface area contributed by atoms with Gasteiger partial charge < -0.3 is 5.32 Å². The molecule has 0 fully saturated rings. The molecule has 1 amide bonds. The summed E-state index contributed by atoms with van der Waals surface area (Å²) in [5, 5.41) is 26.7. The molecule has 7 heteroatoms. The predicted octanol–water partition coefficient (Wildman–Crippen LogP) is 3.84. The molecule has 0 atom stereocenters. The van der Waals surface area contributed by atoms with E-state index in [4.69, 9.17) is 0 Å². The molecule has 2 aromatic carbocycles. The van der Waals surface area contributed by atoms with Gasteiger partial charge in [0.1, 0.15) is 23.3 Å². The van der Waals surface area contributed by atoms with Gasteiger partial charge in [-0.2, -0.15) is 20.3 Å². The van der Waals surface area contributed by atoms with Crippen LogP contribution in [-0.4, -0.2) is 20.7 Å². The topological polar surface area (TPSA) is 107 Å². The lowest BCUT2D eigenvalue weighted by molar-refractivity contribution is -0.112. The lowest BCUT2D eigenvalue weighted by Crippen LogP contribution is -2.17. The van der Waals surface area contributed by atoms with E-state index in [2.05, 4.69) is 15.4 Å². The first kappa shape index (κ1) is 18.6. The largest absolute Gasteiger partial charge is 0.305 e. The van der Waals surface area contributed by atoms with Crippen LogP contribution in [0.4, 0.5) is 5.82 Å². The van der Waals surface area contributed by atoms with Crippen molar-refractivity contribution >= 4 is 28.7 Å². The summed E-state index contributed by atoms with van der Waals surface area (Å²) in [6.45, 7) is 0. The molecule has 0 aliphatic heterocycles. The monoisotopic (exact) mass is 390 g/mol. The zero-order valence-electron chi connectivity index (χ0n) is 15.6. The molecule has 0 saturated heterocycles. The van der Waals surface area contributed by atoms with Crippen LogP contribution in [0.5, 0.6) is 0 Å². The van der Waals surface area contributed by atoms with Crippen LogP contribution in [0.2, 0.25) is 0 Å². The molecule has 0 radical (unpaired) electrons. The summed E-state index contributed by atoms with van der Waals surface area (Å²) in [5.74, 6) is -0.0454. The molecule has 1 N–H and O–H groups in total. The number of fused-ring (bicyclic) bond motifs is 1. The standard InChI is InChI=1S/C23H14N6O/c24-13-18(12-16-6-2-1-3-7-16)23(30)28-22-19(14-25)15-26-29(22)21-11-10-17-8-4-5-9-20(17)27-21/h1-12,15H,(H,28,30)/b18-12+. The van der Waals surface area contributed by atoms with Crippen LogP contribution >= 0.6 is 0 Å². The summed E-state index contributed by atoms with van der Waals surface area (Å²) < 4.78 is 1.38. The molecule has 0 saturated carbocycles. The lowest BCUT2D eigenvalue weighted by atomic mass is 10.1. The molecule has 0 aliphatic carbocycles. The Balaban J connectivity index is 1.71. The zero-order chi connectivity index (χ0) is 20.9. The van der Waals surface area contributed by atoms with Gasteiger partial charge in [-0.15, -0.1) is 0 Å². The molecular weight excluding hydrogens is 376 g/mol. The molecule has 0 spiro atoms. The Morgan fingerprint density at radius 3 is 2.53 bits per heavy atom. The highest BCUT2D eigenvalue weighted by Gasteiger charge is 2.18. The van der Waals surface area contributed by atoms with Crippen LogP contribution < -0.4 is 5.32 Å². The maximum Gasteiger partial charge on any atom is 0.267 e. The molecule has 142 valence electrons. The third kappa shape index (κ3) is 3.64. The molecule has 7 nitrogen and oxygen atoms in total. The Morgan fingerprint density at radius 1 is 1.00 bits per heavy atom. The number of aromatic nitrogens is 3. The first-order valence-corrected chi connectivity index (χ1v) is 9.02. The van der Waals surface area contributed by atoms with Gasteiger partial charge in [0.25, 0.3) is 5.91 Å². The van der Waals surface area contributed by atoms with Crippen molar-refractivity contribution < 1.29 is 4.79 Å². The van der Waals surface area contributed by atoms with Gasteiger partial charge >= 0.3 is 0 Å². The van der Waals surface area contributed by atoms with Gasteiger partial charge in [0, 0.05) is 5.39 Å². The van der Waals surface area contributed by atoms with Crippen molar-refractivity contribution in [3.05, 3.63) is 89.6 Å². The van der Waals surface area contributed by atoms with Crippen molar-refractivity contribution in [1.82, 2.24) is 14.8 Å². The van der Waals surface area contributed by atoms with Gasteiger partial charge in [0.2, 0.25) is 0 Å². The van der Waals surface area contributed by atoms with Gasteiger partial charge in [-0.1, -0.05) is 48.5 Å². The fourth-order valence-corrected chi connectivity index (χ4v) is 2.94. The molecular formula is C23H14N6O. The maximum absolute atomic E-state index is 12.7. The molecule has 0 unspecified atom stereocenters. The number of nitriles is 2. The fraction of sp³-hybridized carbons (Fsp3) is 0. The van der Waals surface area contributed by atoms with E-state index in [1.807, 2.05) is 60.7 Å². The highest BCUT2D eigenvalue weighted by atomic mass is 16.1. The third-order valence-electron chi connectivity index (χ3n) is 4.40. The summed E-state index contributed by atoms with van der Waals surface area (Å²) in [6.07, 6.45) is 2.83. The van der Waals surface area contributed by atoms with Crippen LogP contribution in [0.15, 0.2) is 78.5 Å². The SMILES string of the molecule is N#C/C(=C\c1ccccc1)C(=O)Nc1c(C#N)cnn1-c1ccc2ccccc2n1. The van der Waals surface area contributed by atoms with E-state index in [0.717, 1.165) is 16.5 Å². The van der Waals surface area contributed by atoms with E-state index >= 15 is 0 Å². The summed E-state index contributed by atoms with van der Waals surface area (Å²) >= 11 is 0. The Morgan fingerprint density at radius 2 is 1.77 bits per heavy atom. The second-order valence-corrected chi connectivity index (χ2v) is 6.33. The Labute approximate surface area is 172 Å². The minimum atomic E-state index is -0.639. The van der Waals surface area contributed by atoms with Crippen molar-refractivity contribution in [3.8, 4) is 18.0 Å². The van der Waals surface area contributed by atoms with E-state index in [0.29, 0.717) is 5.82 Å². The van der Waals surface area contributed by atoms with Crippen molar-refractivity contribution in [1.29, 1.82) is 10.5 Å². The van der Waals surface area contributed by atoms with Crippen LogP contribution in [0.1, 0.15) is 11.1 Å². The molecule has 4 rings (SSSR count). The van der Waals surface area contributed by atoms with E-state index in [1.54, 1.807) is 18.2 Å². The number of hydrogen-bond donors (Lipinski definition) is 1. The third-order valence-corrected chi connectivity index (χ3v) is 4.40. The number of pyridine rings is 1. The summed E-state index contributed by atoms with van der Waals surface area (Å²) in [5.41, 5.74) is 1.54. The normalized spacial score (nSPS) is 10.9. The fourth-order valence-electron chi connectivity index (χ4n) is 2.94. The molecule has 2 heterocycles. The smallest absolute Gasteiger partial charge is 0.267 e. The number of nitrogens with one attached hydrogen (secondary N) is 1. The second-order valence-electron chi connectivity index (χ2n) is 6.33. The number of hydrogen-bond acceptors (Lipinski definition) is 5. The number of anilines is 1. The predicted molar refractivity (Wildman–Crippen MR) is 112 cm³/mol. The number of benzene rings is 2. The highest BCUT2D eigenvalue weighted by molar-refractivity contribution is 6.09. The Hall–Kier alpha value is -4.75. The number of para-hydroxylation sites is 1. The minimum absolute atomic E-state index is 0.0932. The van der Waals surface area contributed by atoms with Gasteiger partial charge in [-0.3, -0.25) is 4.79 Å². The van der Waals surface area contributed by atoms with Crippen LogP contribution in [0.3, 0.4) is 0 Å². The van der Waals surface area contributed by atoms with Crippen LogP contribution in [0.25, 0.3) is 22.8 Å². The lowest BCUT2D eigenvalue weighted by Gasteiger charge is -2.09. The summed E-state index contributed by atoms with van der Waals surface area (Å²) in [7, 11) is 0. The zero-order valence-corrected chi connectivity index (χ0v) is 15.6. The van der Waals surface area contributed by atoms with Crippen LogP contribution in [-0.2, 0) is 4.79 Å². The first-order chi connectivity index (χ1) is 14.7. The van der Waals surface area contributed by atoms with Crippen LogP contribution in [0, 0.1) is 22.7 Å². The molecule has 4 aromatic rings. The molecule has 30 heavy (non-hydrogen) atoms. The molecule has 0 bridgehead atoms. The van der Waals surface area contributed by atoms with Crippen molar-refractivity contribution in [2.45, 2.75) is 0 Å². The van der Waals surface area contributed by atoms with E-state index in [9.17, 15) is 15.3 Å². The average molecular weight is 390 g/mol. The summed E-state index contributed by atoms with van der Waals surface area (Å²) in [4.78, 5) is 17.3. The average Bonchev–Trinajstić information content (AvgIpc) is 3.20. The number of nitrogens with zero attached hydrogens (tertiary/aromatic N) is 5. The number of rotatable bonds is 4. The van der Waals surface area contributed by atoms with Gasteiger partial charge in [-0.25, -0.2) is 4.98 Å². The van der Waals surface area contributed by atoms with E-state index in [-0.39, 0.29) is 17.0 Å². The van der Waals surface area contributed by atoms with Gasteiger partial charge in [-0.05, 0) is 29.8 Å². The quantitative estimate of drug-likeness (QED) is 0.421. The Bertz CT molecular complexity index is 1360. The van der Waals surface area contributed by atoms with E-state index < -0.39 is 5.91 Å². The maximum atomic E-state index is 12.7. The van der Waals surface area contributed by atoms with Crippen molar-refractivity contribution in [2.75, 3.05) is 5.32 Å². The Kier molecular flexibility index (Phi) is 5.02. The summed E-state index contributed by atoms with van der Waals surface area (Å²) in [6, 6.07) is 24.2. The number of carbonyl (C=O) groups excluding carboxylic acids is 1. The molecule has 2 aromatic heterocycles. The first-order valence-electron chi connectivity index (χ1n) is 9.02. The van der Waals surface area contributed by atoms with Crippen molar-refractivity contribution in [2.24, 2.45) is 0 Å². The number of amides is 1. The van der Waals surface area contributed by atoms with E-state index in [1.165, 1.54) is 17.0 Å². The van der Waals surface area contributed by atoms with Crippen molar-refractivity contribution in [3.63, 3.8) is 0 Å². The highest BCUT2D eigenvalue weighted by Crippen LogP contribution is 2.22. The van der Waals surface area contributed by atoms with Gasteiger partial charge in [0.15, 0.2) is 11.6 Å². The molecule has 0 aliphatic rings. The number of carbonyl (C=O) groups is 1.